The third kappa shape index (κ3) is 7.21. The maximum absolute atomic E-state index is 12.5. The van der Waals surface area contributed by atoms with E-state index in [4.69, 9.17) is 45.1 Å². The molecular weight excluding hydrogens is 467 g/mol. The van der Waals surface area contributed by atoms with E-state index in [1.54, 1.807) is 17.5 Å². The monoisotopic (exact) mass is 486 g/mol. The Kier molecular flexibility index (Phi) is 9.25. The van der Waals surface area contributed by atoms with Gasteiger partial charge in [0.1, 0.15) is 16.8 Å². The first-order valence-corrected chi connectivity index (χ1v) is 10.6. The van der Waals surface area contributed by atoms with Crippen LogP contribution in [0.25, 0.3) is 0 Å². The first kappa shape index (κ1) is 24.6. The standard InChI is InChI=1S/C19H20Cl2N4O5S/c20-15-10(17(27)13-4-2-8-31-13)5-6-12(16(15)21)29-9-14(26)30-18(28)11(22)3-1-7-25-19(23)24/h2,4-6,8,11H,1,3,7,9,22H2,(H4,23,24,25)/t11-/m0/s1. The van der Waals surface area contributed by atoms with Gasteiger partial charge in [-0.25, -0.2) is 9.59 Å². The van der Waals surface area contributed by atoms with Gasteiger partial charge in [0.2, 0.25) is 5.78 Å². The molecule has 1 atom stereocenters. The summed E-state index contributed by atoms with van der Waals surface area (Å²) in [5, 5.41) is 1.72. The highest BCUT2D eigenvalue weighted by Crippen LogP contribution is 2.36. The van der Waals surface area contributed by atoms with Crippen molar-refractivity contribution >= 4 is 58.2 Å². The molecule has 2 rings (SSSR count). The molecule has 6 N–H and O–H groups in total. The predicted octanol–water partition coefficient (Wildman–Crippen LogP) is 2.12. The van der Waals surface area contributed by atoms with Gasteiger partial charge in [-0.05, 0) is 36.4 Å². The summed E-state index contributed by atoms with van der Waals surface area (Å²) in [5.41, 5.74) is 16.3. The lowest BCUT2D eigenvalue weighted by molar-refractivity contribution is -0.162. The maximum Gasteiger partial charge on any atom is 0.351 e. The first-order valence-electron chi connectivity index (χ1n) is 8.95. The molecule has 0 amide bonds. The fourth-order valence-electron chi connectivity index (χ4n) is 2.35. The largest absolute Gasteiger partial charge is 0.480 e. The summed E-state index contributed by atoms with van der Waals surface area (Å²) in [4.78, 5) is 40.4. The van der Waals surface area contributed by atoms with E-state index in [2.05, 4.69) is 9.73 Å². The number of ketones is 1. The molecule has 166 valence electrons. The molecule has 0 aliphatic heterocycles. The van der Waals surface area contributed by atoms with E-state index in [0.717, 1.165) is 0 Å². The van der Waals surface area contributed by atoms with Crippen molar-refractivity contribution in [3.8, 4) is 5.75 Å². The van der Waals surface area contributed by atoms with Gasteiger partial charge >= 0.3 is 11.9 Å². The molecular formula is C19H20Cl2N4O5S. The Bertz CT molecular complexity index is 978. The van der Waals surface area contributed by atoms with Gasteiger partial charge in [-0.2, -0.15) is 0 Å². The fraction of sp³-hybridized carbons (Fsp3) is 0.263. The van der Waals surface area contributed by atoms with Crippen LogP contribution in [0.2, 0.25) is 10.0 Å². The van der Waals surface area contributed by atoms with Crippen molar-refractivity contribution in [3.63, 3.8) is 0 Å². The van der Waals surface area contributed by atoms with E-state index < -0.39 is 24.6 Å². The molecule has 0 aliphatic carbocycles. The summed E-state index contributed by atoms with van der Waals surface area (Å²) in [7, 11) is 0. The van der Waals surface area contributed by atoms with Crippen molar-refractivity contribution in [2.45, 2.75) is 18.9 Å². The number of carbonyl (C=O) groups excluding carboxylic acids is 3. The topological polar surface area (TPSA) is 160 Å². The van der Waals surface area contributed by atoms with Crippen LogP contribution in [-0.4, -0.2) is 42.9 Å². The number of thiophene rings is 1. The zero-order chi connectivity index (χ0) is 23.0. The second-order valence-electron chi connectivity index (χ2n) is 6.18. The third-order valence-electron chi connectivity index (χ3n) is 3.87. The fourth-order valence-corrected chi connectivity index (χ4v) is 3.49. The van der Waals surface area contributed by atoms with E-state index in [0.29, 0.717) is 17.8 Å². The molecule has 0 unspecified atom stereocenters. The van der Waals surface area contributed by atoms with E-state index in [1.807, 2.05) is 0 Å². The van der Waals surface area contributed by atoms with Gasteiger partial charge in [0.05, 0.1) is 9.90 Å². The highest BCUT2D eigenvalue weighted by molar-refractivity contribution is 7.12. The molecule has 31 heavy (non-hydrogen) atoms. The van der Waals surface area contributed by atoms with Gasteiger partial charge in [0.15, 0.2) is 12.6 Å². The van der Waals surface area contributed by atoms with Crippen LogP contribution >= 0.6 is 34.5 Å². The van der Waals surface area contributed by atoms with Crippen LogP contribution in [-0.2, 0) is 14.3 Å². The van der Waals surface area contributed by atoms with Gasteiger partial charge in [-0.15, -0.1) is 11.3 Å². The maximum atomic E-state index is 12.5. The second-order valence-corrected chi connectivity index (χ2v) is 7.89. The Morgan fingerprint density at radius 2 is 1.87 bits per heavy atom. The lowest BCUT2D eigenvalue weighted by Gasteiger charge is -2.12. The number of hydrogen-bond acceptors (Lipinski definition) is 8. The number of esters is 2. The number of aliphatic imine (C=N–C) groups is 1. The molecule has 2 aromatic rings. The first-order chi connectivity index (χ1) is 14.7. The minimum Gasteiger partial charge on any atom is -0.480 e. The summed E-state index contributed by atoms with van der Waals surface area (Å²) < 4.78 is 9.92. The summed E-state index contributed by atoms with van der Waals surface area (Å²) in [6.07, 6.45) is 0.661. The molecule has 9 nitrogen and oxygen atoms in total. The smallest absolute Gasteiger partial charge is 0.351 e. The molecule has 0 bridgehead atoms. The van der Waals surface area contributed by atoms with Crippen molar-refractivity contribution in [3.05, 3.63) is 50.1 Å². The molecule has 0 saturated heterocycles. The Morgan fingerprint density at radius 3 is 2.52 bits per heavy atom. The molecule has 1 aromatic heterocycles. The lowest BCUT2D eigenvalue weighted by atomic mass is 10.1. The van der Waals surface area contributed by atoms with Gasteiger partial charge in [0, 0.05) is 12.1 Å². The summed E-state index contributed by atoms with van der Waals surface area (Å²) in [6.45, 7) is -0.314. The average molecular weight is 487 g/mol. The van der Waals surface area contributed by atoms with E-state index >= 15 is 0 Å². The van der Waals surface area contributed by atoms with Crippen LogP contribution in [0, 0.1) is 0 Å². The molecule has 0 spiro atoms. The molecule has 0 saturated carbocycles. The Morgan fingerprint density at radius 1 is 1.13 bits per heavy atom. The number of hydrogen-bond donors (Lipinski definition) is 3. The minimum atomic E-state index is -1.02. The molecule has 1 heterocycles. The highest BCUT2D eigenvalue weighted by atomic mass is 35.5. The second kappa shape index (κ2) is 11.7. The quantitative estimate of drug-likeness (QED) is 0.115. The van der Waals surface area contributed by atoms with Gasteiger partial charge in [-0.3, -0.25) is 9.79 Å². The van der Waals surface area contributed by atoms with Crippen LogP contribution < -0.4 is 21.9 Å². The van der Waals surface area contributed by atoms with Crippen LogP contribution in [0.1, 0.15) is 28.1 Å². The van der Waals surface area contributed by atoms with Crippen molar-refractivity contribution in [2.24, 2.45) is 22.2 Å². The zero-order valence-corrected chi connectivity index (χ0v) is 18.5. The van der Waals surface area contributed by atoms with Crippen LogP contribution in [0.3, 0.4) is 0 Å². The van der Waals surface area contributed by atoms with Crippen LogP contribution in [0.5, 0.6) is 5.75 Å². The summed E-state index contributed by atoms with van der Waals surface area (Å²) in [5.74, 6) is -2.16. The number of carbonyl (C=O) groups is 3. The van der Waals surface area contributed by atoms with E-state index in [9.17, 15) is 14.4 Å². The van der Waals surface area contributed by atoms with E-state index in [1.165, 1.54) is 23.5 Å². The molecule has 1 aromatic carbocycles. The molecule has 0 radical (unpaired) electrons. The Balaban J connectivity index is 1.89. The number of nitrogens with two attached hydrogens (primary N) is 3. The summed E-state index contributed by atoms with van der Waals surface area (Å²) in [6, 6.07) is 5.24. The Labute approximate surface area is 192 Å². The normalized spacial score (nSPS) is 11.5. The summed E-state index contributed by atoms with van der Waals surface area (Å²) >= 11 is 13.6. The predicted molar refractivity (Wildman–Crippen MR) is 119 cm³/mol. The molecule has 0 aliphatic rings. The SMILES string of the molecule is NC(N)=NCCC[C@H](N)C(=O)OC(=O)COc1ccc(C(=O)c2cccs2)c(Cl)c1Cl. The number of halogens is 2. The number of ether oxygens (including phenoxy) is 2. The minimum absolute atomic E-state index is 0.00944. The van der Waals surface area contributed by atoms with Crippen LogP contribution in [0.4, 0.5) is 0 Å². The van der Waals surface area contributed by atoms with Gasteiger partial charge in [-0.1, -0.05) is 29.3 Å². The van der Waals surface area contributed by atoms with Crippen molar-refractivity contribution in [1.29, 1.82) is 0 Å². The van der Waals surface area contributed by atoms with Gasteiger partial charge in [0.25, 0.3) is 0 Å². The highest BCUT2D eigenvalue weighted by Gasteiger charge is 2.21. The molecule has 0 fully saturated rings. The number of nitrogens with zero attached hydrogens (tertiary/aromatic N) is 1. The van der Waals surface area contributed by atoms with Crippen molar-refractivity contribution in [1.82, 2.24) is 0 Å². The molecule has 12 heteroatoms. The zero-order valence-electron chi connectivity index (χ0n) is 16.2. The average Bonchev–Trinajstić information content (AvgIpc) is 3.26. The third-order valence-corrected chi connectivity index (χ3v) is 5.60. The lowest BCUT2D eigenvalue weighted by Crippen LogP contribution is -2.35. The Hall–Kier alpha value is -2.66. The van der Waals surface area contributed by atoms with Crippen molar-refractivity contribution < 1.29 is 23.9 Å². The van der Waals surface area contributed by atoms with Gasteiger partial charge < -0.3 is 26.7 Å². The number of rotatable bonds is 10. The van der Waals surface area contributed by atoms with Crippen LogP contribution in [0.15, 0.2) is 34.6 Å². The van der Waals surface area contributed by atoms with E-state index in [-0.39, 0.29) is 39.5 Å². The number of guanidine groups is 1. The van der Waals surface area contributed by atoms with Crippen molar-refractivity contribution in [2.75, 3.05) is 13.2 Å². The number of benzene rings is 1.